The van der Waals surface area contributed by atoms with Crippen LogP contribution in [0.1, 0.15) is 24.2 Å². The standard InChI is InChI=1S/C11H16N2O3/c1-11(2,7-14)13(3)10(16)8-6-12-5-4-9(8)15/h4-6,14H,7H2,1-3H3,(H,12,15). The maximum absolute atomic E-state index is 12.0. The number of nitrogens with zero attached hydrogens (tertiary/aromatic N) is 1. The number of aromatic amines is 1. The molecule has 1 heterocycles. The van der Waals surface area contributed by atoms with Crippen molar-refractivity contribution in [1.29, 1.82) is 0 Å². The van der Waals surface area contributed by atoms with Crippen molar-refractivity contribution < 1.29 is 9.90 Å². The zero-order valence-corrected chi connectivity index (χ0v) is 9.65. The molecule has 2 N–H and O–H groups in total. The summed E-state index contributed by atoms with van der Waals surface area (Å²) in [5.74, 6) is -0.402. The van der Waals surface area contributed by atoms with Crippen molar-refractivity contribution in [2.75, 3.05) is 13.7 Å². The Kier molecular flexibility index (Phi) is 3.49. The summed E-state index contributed by atoms with van der Waals surface area (Å²) in [5.41, 5.74) is -0.949. The third-order valence-electron chi connectivity index (χ3n) is 2.65. The lowest BCUT2D eigenvalue weighted by Crippen LogP contribution is -2.48. The molecule has 5 nitrogen and oxygen atoms in total. The lowest BCUT2D eigenvalue weighted by Gasteiger charge is -2.33. The SMILES string of the molecule is CN(C(=O)c1c[nH]ccc1=O)C(C)(C)CO. The molecule has 0 aliphatic carbocycles. The minimum atomic E-state index is -0.695. The van der Waals surface area contributed by atoms with Gasteiger partial charge in [-0.3, -0.25) is 9.59 Å². The number of pyridine rings is 1. The fraction of sp³-hybridized carbons (Fsp3) is 0.455. The number of hydrogen-bond donors (Lipinski definition) is 2. The van der Waals surface area contributed by atoms with Crippen LogP contribution >= 0.6 is 0 Å². The quantitative estimate of drug-likeness (QED) is 0.771. The number of aliphatic hydroxyl groups is 1. The van der Waals surface area contributed by atoms with Crippen molar-refractivity contribution in [3.8, 4) is 0 Å². The van der Waals surface area contributed by atoms with Crippen LogP contribution in [0.25, 0.3) is 0 Å². The first-order chi connectivity index (χ1) is 7.40. The van der Waals surface area contributed by atoms with E-state index in [4.69, 9.17) is 5.11 Å². The van der Waals surface area contributed by atoms with Gasteiger partial charge in [0.05, 0.1) is 12.1 Å². The molecule has 5 heteroatoms. The molecule has 0 atom stereocenters. The van der Waals surface area contributed by atoms with Crippen molar-refractivity contribution in [3.63, 3.8) is 0 Å². The maximum Gasteiger partial charge on any atom is 0.259 e. The Labute approximate surface area is 93.7 Å². The monoisotopic (exact) mass is 224 g/mol. The second-order valence-electron chi connectivity index (χ2n) is 4.26. The van der Waals surface area contributed by atoms with E-state index in [1.54, 1.807) is 20.9 Å². The summed E-state index contributed by atoms with van der Waals surface area (Å²) in [6.07, 6.45) is 2.84. The van der Waals surface area contributed by atoms with E-state index in [-0.39, 0.29) is 17.6 Å². The molecule has 1 rings (SSSR count). The lowest BCUT2D eigenvalue weighted by molar-refractivity contribution is 0.0471. The molecule has 0 aliphatic heterocycles. The van der Waals surface area contributed by atoms with Crippen molar-refractivity contribution in [3.05, 3.63) is 34.2 Å². The summed E-state index contributed by atoms with van der Waals surface area (Å²) >= 11 is 0. The van der Waals surface area contributed by atoms with E-state index in [1.807, 2.05) is 0 Å². The maximum atomic E-state index is 12.0. The van der Waals surface area contributed by atoms with E-state index < -0.39 is 11.4 Å². The van der Waals surface area contributed by atoms with E-state index in [0.29, 0.717) is 0 Å². The average Bonchev–Trinajstić information content (AvgIpc) is 2.27. The fourth-order valence-corrected chi connectivity index (χ4v) is 1.14. The van der Waals surface area contributed by atoms with Gasteiger partial charge in [-0.15, -0.1) is 0 Å². The molecule has 88 valence electrons. The van der Waals surface area contributed by atoms with Crippen LogP contribution in [-0.4, -0.2) is 40.1 Å². The molecule has 0 fully saturated rings. The van der Waals surface area contributed by atoms with Crippen LogP contribution in [-0.2, 0) is 0 Å². The van der Waals surface area contributed by atoms with Gasteiger partial charge in [-0.2, -0.15) is 0 Å². The van der Waals surface area contributed by atoms with E-state index in [9.17, 15) is 9.59 Å². The van der Waals surface area contributed by atoms with E-state index >= 15 is 0 Å². The molecule has 0 saturated heterocycles. The Bertz CT molecular complexity index is 437. The Morgan fingerprint density at radius 1 is 1.56 bits per heavy atom. The number of amides is 1. The first kappa shape index (κ1) is 12.4. The number of nitrogens with one attached hydrogen (secondary N) is 1. The number of aromatic nitrogens is 1. The minimum absolute atomic E-state index is 0.0755. The van der Waals surface area contributed by atoms with Gasteiger partial charge in [-0.05, 0) is 13.8 Å². The molecule has 0 aliphatic rings. The molecule has 0 spiro atoms. The number of carbonyl (C=O) groups is 1. The first-order valence-electron chi connectivity index (χ1n) is 4.96. The molecule has 16 heavy (non-hydrogen) atoms. The van der Waals surface area contributed by atoms with Gasteiger partial charge in [0.2, 0.25) is 0 Å². The predicted molar refractivity (Wildman–Crippen MR) is 60.3 cm³/mol. The van der Waals surface area contributed by atoms with Gasteiger partial charge in [0.25, 0.3) is 5.91 Å². The van der Waals surface area contributed by atoms with Gasteiger partial charge in [-0.1, -0.05) is 0 Å². The second kappa shape index (κ2) is 4.49. The summed E-state index contributed by atoms with van der Waals surface area (Å²) in [6, 6.07) is 1.30. The van der Waals surface area contributed by atoms with E-state index in [1.165, 1.54) is 23.4 Å². The van der Waals surface area contributed by atoms with Gasteiger partial charge in [0.15, 0.2) is 5.43 Å². The van der Waals surface area contributed by atoms with Crippen LogP contribution in [0.2, 0.25) is 0 Å². The summed E-state index contributed by atoms with van der Waals surface area (Å²) in [4.78, 5) is 27.5. The Morgan fingerprint density at radius 2 is 2.19 bits per heavy atom. The molecular weight excluding hydrogens is 208 g/mol. The number of likely N-dealkylation sites (N-methyl/N-ethyl adjacent to an activating group) is 1. The highest BCUT2D eigenvalue weighted by atomic mass is 16.3. The van der Waals surface area contributed by atoms with Crippen LogP contribution < -0.4 is 5.43 Å². The largest absolute Gasteiger partial charge is 0.394 e. The Balaban J connectivity index is 3.05. The molecule has 1 aromatic rings. The summed E-state index contributed by atoms with van der Waals surface area (Å²) in [6.45, 7) is 3.28. The summed E-state index contributed by atoms with van der Waals surface area (Å²) in [5, 5.41) is 9.15. The van der Waals surface area contributed by atoms with E-state index in [0.717, 1.165) is 0 Å². The van der Waals surface area contributed by atoms with Crippen LogP contribution in [0.4, 0.5) is 0 Å². The van der Waals surface area contributed by atoms with Crippen LogP contribution in [0.5, 0.6) is 0 Å². The lowest BCUT2D eigenvalue weighted by atomic mass is 10.0. The first-order valence-corrected chi connectivity index (χ1v) is 4.96. The fourth-order valence-electron chi connectivity index (χ4n) is 1.14. The number of H-pyrrole nitrogens is 1. The molecule has 1 aromatic heterocycles. The van der Waals surface area contributed by atoms with Crippen LogP contribution in [0.3, 0.4) is 0 Å². The molecule has 0 saturated carbocycles. The van der Waals surface area contributed by atoms with Gasteiger partial charge in [0.1, 0.15) is 5.56 Å². The molecule has 0 unspecified atom stereocenters. The summed E-state index contributed by atoms with van der Waals surface area (Å²) < 4.78 is 0. The smallest absolute Gasteiger partial charge is 0.259 e. The van der Waals surface area contributed by atoms with Gasteiger partial charge in [-0.25, -0.2) is 0 Å². The normalized spacial score (nSPS) is 11.2. The zero-order chi connectivity index (χ0) is 12.3. The van der Waals surface area contributed by atoms with Gasteiger partial charge >= 0.3 is 0 Å². The number of aliphatic hydroxyl groups excluding tert-OH is 1. The highest BCUT2D eigenvalue weighted by molar-refractivity contribution is 5.94. The Hall–Kier alpha value is -1.62. The van der Waals surface area contributed by atoms with Crippen LogP contribution in [0.15, 0.2) is 23.3 Å². The highest BCUT2D eigenvalue weighted by Crippen LogP contribution is 2.13. The highest BCUT2D eigenvalue weighted by Gasteiger charge is 2.28. The van der Waals surface area contributed by atoms with Crippen molar-refractivity contribution in [1.82, 2.24) is 9.88 Å². The average molecular weight is 224 g/mol. The minimum Gasteiger partial charge on any atom is -0.394 e. The van der Waals surface area contributed by atoms with Crippen molar-refractivity contribution in [2.24, 2.45) is 0 Å². The van der Waals surface area contributed by atoms with Crippen LogP contribution in [0, 0.1) is 0 Å². The predicted octanol–water partition coefficient (Wildman–Crippen LogP) is 0.218. The molecule has 1 amide bonds. The van der Waals surface area contributed by atoms with Gasteiger partial charge in [0, 0.05) is 25.5 Å². The third kappa shape index (κ3) is 2.30. The number of hydrogen-bond acceptors (Lipinski definition) is 3. The third-order valence-corrected chi connectivity index (χ3v) is 2.65. The number of rotatable bonds is 3. The molecule has 0 bridgehead atoms. The molecular formula is C11H16N2O3. The second-order valence-corrected chi connectivity index (χ2v) is 4.26. The summed E-state index contributed by atoms with van der Waals surface area (Å²) in [7, 11) is 1.56. The topological polar surface area (TPSA) is 73.4 Å². The van der Waals surface area contributed by atoms with Crippen molar-refractivity contribution >= 4 is 5.91 Å². The molecule has 0 radical (unpaired) electrons. The number of carbonyl (C=O) groups excluding carboxylic acids is 1. The Morgan fingerprint density at radius 3 is 2.69 bits per heavy atom. The molecule has 0 aromatic carbocycles. The van der Waals surface area contributed by atoms with Crippen molar-refractivity contribution in [2.45, 2.75) is 19.4 Å². The zero-order valence-electron chi connectivity index (χ0n) is 9.65. The van der Waals surface area contributed by atoms with E-state index in [2.05, 4.69) is 4.98 Å². The van der Waals surface area contributed by atoms with Gasteiger partial charge < -0.3 is 15.0 Å².